The van der Waals surface area contributed by atoms with E-state index in [1.807, 2.05) is 13.1 Å². The quantitative estimate of drug-likeness (QED) is 0.155. The lowest BCUT2D eigenvalue weighted by Crippen LogP contribution is -2.53. The summed E-state index contributed by atoms with van der Waals surface area (Å²) in [6, 6.07) is 0.740. The molecule has 0 radical (unpaired) electrons. The van der Waals surface area contributed by atoms with Crippen LogP contribution >= 0.6 is 0 Å². The van der Waals surface area contributed by atoms with E-state index >= 15 is 0 Å². The van der Waals surface area contributed by atoms with Crippen LogP contribution in [0.1, 0.15) is 110 Å². The van der Waals surface area contributed by atoms with Crippen molar-refractivity contribution in [2.24, 2.45) is 0 Å². The maximum absolute atomic E-state index is 12.6. The van der Waals surface area contributed by atoms with Gasteiger partial charge in [-0.05, 0) is 6.04 Å². The molecule has 0 N–H and O–H groups in total. The van der Waals surface area contributed by atoms with Gasteiger partial charge < -0.3 is 4.57 Å². The Balaban J connectivity index is 3.52. The van der Waals surface area contributed by atoms with Crippen molar-refractivity contribution in [1.29, 1.82) is 0 Å². The molecule has 0 aliphatic heterocycles. The average molecular weight is 438 g/mol. The van der Waals surface area contributed by atoms with Gasteiger partial charge in [0.25, 0.3) is 0 Å². The molecule has 0 saturated heterocycles. The van der Waals surface area contributed by atoms with Gasteiger partial charge in [0.1, 0.15) is 0 Å². The Kier molecular flexibility index (Phi) is 15.9. The largest absolute Gasteiger partial charge is 0.470 e. The Hall–Kier alpha value is -0.523. The van der Waals surface area contributed by atoms with Crippen molar-refractivity contribution < 1.29 is 18.0 Å². The van der Waals surface area contributed by atoms with Crippen molar-refractivity contribution in [1.82, 2.24) is 4.57 Å². The van der Waals surface area contributed by atoms with Crippen LogP contribution in [-0.4, -0.2) is 31.9 Å². The zero-order valence-corrected chi connectivity index (χ0v) is 20.5. The molecule has 0 heterocycles. The first kappa shape index (κ1) is 28.5. The highest BCUT2D eigenvalue weighted by Gasteiger charge is 2.45. The van der Waals surface area contributed by atoms with Crippen LogP contribution in [0, 0.1) is 0 Å². The number of alkyl halides is 3. The van der Waals surface area contributed by atoms with Crippen molar-refractivity contribution in [3.63, 3.8) is 0 Å². The molecule has 0 atom stereocenters. The van der Waals surface area contributed by atoms with Gasteiger partial charge >= 0.3 is 12.1 Å². The van der Waals surface area contributed by atoms with Crippen molar-refractivity contribution in [3.05, 3.63) is 0 Å². The van der Waals surface area contributed by atoms with Crippen molar-refractivity contribution >= 4 is 14.1 Å². The standard InChI is InChI=1S/C23H46F3NOSi/c1-5-6-7-8-9-10-11-12-13-14-15-16-17-18-19-20-21-29(3,4)27(2)22(28)23(24,25)26/h5-21H2,1-4H3. The molecular formula is C23H46F3NOSi. The van der Waals surface area contributed by atoms with E-state index in [1.54, 1.807) is 0 Å². The fourth-order valence-electron chi connectivity index (χ4n) is 3.74. The van der Waals surface area contributed by atoms with Gasteiger partial charge in [0.2, 0.25) is 0 Å². The van der Waals surface area contributed by atoms with E-state index in [0.717, 1.165) is 29.9 Å². The number of halogens is 3. The first-order valence-electron chi connectivity index (χ1n) is 12.0. The lowest BCUT2D eigenvalue weighted by Gasteiger charge is -2.34. The topological polar surface area (TPSA) is 20.3 Å². The second-order valence-electron chi connectivity index (χ2n) is 9.23. The predicted octanol–water partition coefficient (Wildman–Crippen LogP) is 8.47. The molecule has 0 spiro atoms. The molecule has 29 heavy (non-hydrogen) atoms. The van der Waals surface area contributed by atoms with Gasteiger partial charge in [-0.25, -0.2) is 0 Å². The molecule has 0 bridgehead atoms. The molecule has 0 unspecified atom stereocenters. The fraction of sp³-hybridized carbons (Fsp3) is 0.957. The Bertz CT molecular complexity index is 413. The van der Waals surface area contributed by atoms with Crippen molar-refractivity contribution in [3.8, 4) is 0 Å². The number of carbonyl (C=O) groups is 1. The van der Waals surface area contributed by atoms with E-state index in [9.17, 15) is 18.0 Å². The molecule has 1 amide bonds. The summed E-state index contributed by atoms with van der Waals surface area (Å²) in [5.74, 6) is -1.69. The molecule has 0 saturated carbocycles. The minimum Gasteiger partial charge on any atom is -0.365 e. The summed E-state index contributed by atoms with van der Waals surface area (Å²) in [5.41, 5.74) is 0. The number of nitrogens with zero attached hydrogens (tertiary/aromatic N) is 1. The summed E-state index contributed by atoms with van der Waals surface area (Å²) >= 11 is 0. The van der Waals surface area contributed by atoms with E-state index in [2.05, 4.69) is 6.92 Å². The van der Waals surface area contributed by atoms with E-state index in [4.69, 9.17) is 0 Å². The van der Waals surface area contributed by atoms with Gasteiger partial charge in [-0.1, -0.05) is 123 Å². The molecule has 6 heteroatoms. The molecular weight excluding hydrogens is 391 g/mol. The summed E-state index contributed by atoms with van der Waals surface area (Å²) in [4.78, 5) is 11.4. The Morgan fingerprint density at radius 2 is 1.00 bits per heavy atom. The maximum Gasteiger partial charge on any atom is 0.470 e. The van der Waals surface area contributed by atoms with Crippen LogP contribution in [0.3, 0.4) is 0 Å². The third-order valence-corrected chi connectivity index (χ3v) is 9.69. The van der Waals surface area contributed by atoms with Gasteiger partial charge in [-0.15, -0.1) is 0 Å². The van der Waals surface area contributed by atoms with Gasteiger partial charge in [0, 0.05) is 7.05 Å². The van der Waals surface area contributed by atoms with Gasteiger partial charge in [-0.2, -0.15) is 13.2 Å². The van der Waals surface area contributed by atoms with Crippen LogP contribution in [0.5, 0.6) is 0 Å². The second-order valence-corrected chi connectivity index (χ2v) is 14.0. The van der Waals surface area contributed by atoms with Crippen LogP contribution in [0.2, 0.25) is 19.1 Å². The summed E-state index contributed by atoms with van der Waals surface area (Å²) in [6.45, 7) is 5.96. The van der Waals surface area contributed by atoms with E-state index in [1.165, 1.54) is 90.5 Å². The van der Waals surface area contributed by atoms with Crippen molar-refractivity contribution in [2.75, 3.05) is 7.05 Å². The van der Waals surface area contributed by atoms with Crippen molar-refractivity contribution in [2.45, 2.75) is 135 Å². The number of unbranched alkanes of at least 4 members (excludes halogenated alkanes) is 15. The lowest BCUT2D eigenvalue weighted by molar-refractivity contribution is -0.179. The van der Waals surface area contributed by atoms with Crippen LogP contribution in [-0.2, 0) is 4.79 Å². The number of amides is 1. The molecule has 174 valence electrons. The van der Waals surface area contributed by atoms with Crippen LogP contribution in [0.25, 0.3) is 0 Å². The van der Waals surface area contributed by atoms with Gasteiger partial charge in [-0.3, -0.25) is 4.79 Å². The Morgan fingerprint density at radius 3 is 1.31 bits per heavy atom. The molecule has 0 rings (SSSR count). The number of carbonyl (C=O) groups excluding carboxylic acids is 1. The minimum atomic E-state index is -4.76. The Labute approximate surface area is 179 Å². The molecule has 0 aromatic carbocycles. The average Bonchev–Trinajstić information content (AvgIpc) is 2.65. The fourth-order valence-corrected chi connectivity index (χ4v) is 5.87. The molecule has 0 aliphatic carbocycles. The third-order valence-electron chi connectivity index (χ3n) is 6.10. The van der Waals surface area contributed by atoms with Crippen LogP contribution < -0.4 is 0 Å². The third kappa shape index (κ3) is 15.0. The first-order valence-corrected chi connectivity index (χ1v) is 15.1. The zero-order chi connectivity index (χ0) is 22.2. The molecule has 0 aliphatic rings. The van der Waals surface area contributed by atoms with E-state index in [-0.39, 0.29) is 0 Å². The SMILES string of the molecule is CCCCCCCCCCCCCCCCCC[Si](C)(C)N(C)C(=O)C(F)(F)F. The number of hydrogen-bond acceptors (Lipinski definition) is 1. The Morgan fingerprint density at radius 1 is 0.690 bits per heavy atom. The molecule has 2 nitrogen and oxygen atoms in total. The zero-order valence-electron chi connectivity index (χ0n) is 19.5. The highest BCUT2D eigenvalue weighted by Crippen LogP contribution is 2.25. The molecule has 0 fully saturated rings. The van der Waals surface area contributed by atoms with Gasteiger partial charge in [0.05, 0.1) is 0 Å². The lowest BCUT2D eigenvalue weighted by atomic mass is 10.0. The summed E-state index contributed by atoms with van der Waals surface area (Å²) in [6.07, 6.45) is 15.9. The molecule has 0 aromatic rings. The normalized spacial score (nSPS) is 12.4. The highest BCUT2D eigenvalue weighted by molar-refractivity contribution is 6.76. The van der Waals surface area contributed by atoms with Crippen LogP contribution in [0.4, 0.5) is 13.2 Å². The smallest absolute Gasteiger partial charge is 0.365 e. The van der Waals surface area contributed by atoms with E-state index in [0.29, 0.717) is 0 Å². The van der Waals surface area contributed by atoms with Gasteiger partial charge in [0.15, 0.2) is 8.24 Å². The second kappa shape index (κ2) is 16.2. The predicted molar refractivity (Wildman–Crippen MR) is 121 cm³/mol. The summed E-state index contributed by atoms with van der Waals surface area (Å²) < 4.78 is 38.8. The number of hydrogen-bond donors (Lipinski definition) is 0. The number of rotatable bonds is 18. The first-order chi connectivity index (χ1) is 13.6. The monoisotopic (exact) mass is 437 g/mol. The van der Waals surface area contributed by atoms with E-state index < -0.39 is 20.3 Å². The highest BCUT2D eigenvalue weighted by atomic mass is 28.3. The summed E-state index contributed by atoms with van der Waals surface area (Å²) in [5, 5.41) is 0. The minimum absolute atomic E-state index is 0.740. The maximum atomic E-state index is 12.6. The molecule has 0 aromatic heterocycles. The van der Waals surface area contributed by atoms with Crippen LogP contribution in [0.15, 0.2) is 0 Å². The summed E-state index contributed by atoms with van der Waals surface area (Å²) in [7, 11) is -1.01.